The third-order valence-electron chi connectivity index (χ3n) is 6.56. The molecule has 188 valence electrons. The predicted molar refractivity (Wildman–Crippen MR) is 152 cm³/mol. The Balaban J connectivity index is 1.58. The second-order valence-electron chi connectivity index (χ2n) is 9.06. The quantitative estimate of drug-likeness (QED) is 0.258. The van der Waals surface area contributed by atoms with Gasteiger partial charge in [-0.05, 0) is 91.8 Å². The van der Waals surface area contributed by atoms with Crippen LogP contribution in [0.2, 0.25) is 5.02 Å². The van der Waals surface area contributed by atoms with Crippen LogP contribution in [0.25, 0.3) is 11.3 Å². The normalized spacial score (nSPS) is 17.1. The fourth-order valence-electron chi connectivity index (χ4n) is 4.61. The van der Waals surface area contributed by atoms with Gasteiger partial charge in [0.2, 0.25) is 5.91 Å². The van der Waals surface area contributed by atoms with Gasteiger partial charge in [-0.15, -0.1) is 0 Å². The van der Waals surface area contributed by atoms with Gasteiger partial charge in [0, 0.05) is 34.6 Å². The van der Waals surface area contributed by atoms with Crippen LogP contribution in [0, 0.1) is 13.8 Å². The molecule has 0 unspecified atom stereocenters. The predicted octanol–water partition coefficient (Wildman–Crippen LogP) is 7.14. The number of thiocarbonyl (C=S) groups is 1. The first-order valence-corrected chi connectivity index (χ1v) is 12.9. The maximum Gasteiger partial charge on any atom is 0.224 e. The molecular weight excluding hydrogens is 504 g/mol. The molecule has 0 saturated carbocycles. The second kappa shape index (κ2) is 10.4. The van der Waals surface area contributed by atoms with Crippen LogP contribution in [-0.2, 0) is 4.79 Å². The molecule has 2 aromatic carbocycles. The number of amides is 1. The molecule has 2 aromatic heterocycles. The highest BCUT2D eigenvalue weighted by atomic mass is 35.5. The van der Waals surface area contributed by atoms with Crippen LogP contribution in [-0.4, -0.2) is 16.0 Å². The molecule has 0 bridgehead atoms. The molecule has 1 aliphatic rings. The lowest BCUT2D eigenvalue weighted by atomic mass is 10.0. The number of rotatable bonds is 6. The summed E-state index contributed by atoms with van der Waals surface area (Å²) in [6.07, 6.45) is 2.19. The van der Waals surface area contributed by atoms with E-state index in [9.17, 15) is 4.79 Å². The van der Waals surface area contributed by atoms with E-state index in [2.05, 4.69) is 20.5 Å². The van der Waals surface area contributed by atoms with Crippen LogP contribution in [0.4, 0.5) is 11.4 Å². The van der Waals surface area contributed by atoms with Crippen LogP contribution in [0.5, 0.6) is 0 Å². The number of halogens is 1. The summed E-state index contributed by atoms with van der Waals surface area (Å²) in [6, 6.07) is 21.0. The SMILES string of the molecule is CCC(=O)Nc1ccc(N2C(=S)N[C@@H](c3ccccn3)[C@H]2c2ccc(-c3cc(Cl)ccc3C)o2)cc1C. The number of hydrogen-bond donors (Lipinski definition) is 2. The molecule has 1 saturated heterocycles. The highest BCUT2D eigenvalue weighted by Crippen LogP contribution is 2.43. The molecule has 3 heterocycles. The molecule has 5 rings (SSSR count). The monoisotopic (exact) mass is 530 g/mol. The highest BCUT2D eigenvalue weighted by molar-refractivity contribution is 7.80. The Hall–Kier alpha value is -3.68. The lowest BCUT2D eigenvalue weighted by Gasteiger charge is -2.27. The molecule has 1 amide bonds. The van der Waals surface area contributed by atoms with E-state index >= 15 is 0 Å². The number of carbonyl (C=O) groups excluding carboxylic acids is 1. The molecule has 2 N–H and O–H groups in total. The van der Waals surface area contributed by atoms with Crippen LogP contribution < -0.4 is 15.5 Å². The number of aryl methyl sites for hydroxylation is 2. The summed E-state index contributed by atoms with van der Waals surface area (Å²) in [4.78, 5) is 18.6. The van der Waals surface area contributed by atoms with Gasteiger partial charge in [-0.2, -0.15) is 0 Å². The summed E-state index contributed by atoms with van der Waals surface area (Å²) in [5, 5.41) is 7.63. The van der Waals surface area contributed by atoms with E-state index in [-0.39, 0.29) is 18.0 Å². The Bertz CT molecular complexity index is 1470. The molecule has 37 heavy (non-hydrogen) atoms. The first-order valence-electron chi connectivity index (χ1n) is 12.1. The summed E-state index contributed by atoms with van der Waals surface area (Å²) < 4.78 is 6.48. The number of hydrogen-bond acceptors (Lipinski definition) is 4. The molecule has 1 fully saturated rings. The van der Waals surface area contributed by atoms with Crippen LogP contribution in [0.15, 0.2) is 77.3 Å². The first kappa shape index (κ1) is 25.0. The lowest BCUT2D eigenvalue weighted by Crippen LogP contribution is -2.29. The fourth-order valence-corrected chi connectivity index (χ4v) is 5.13. The van der Waals surface area contributed by atoms with E-state index < -0.39 is 0 Å². The molecule has 2 atom stereocenters. The number of aromatic nitrogens is 1. The topological polar surface area (TPSA) is 70.4 Å². The summed E-state index contributed by atoms with van der Waals surface area (Å²) >= 11 is 12.1. The van der Waals surface area contributed by atoms with Crippen molar-refractivity contribution >= 4 is 46.2 Å². The van der Waals surface area contributed by atoms with Crippen molar-refractivity contribution in [3.8, 4) is 11.3 Å². The van der Waals surface area contributed by atoms with E-state index in [1.165, 1.54) is 0 Å². The maximum absolute atomic E-state index is 11.9. The molecule has 6 nitrogen and oxygen atoms in total. The van der Waals surface area contributed by atoms with Gasteiger partial charge in [-0.3, -0.25) is 9.78 Å². The molecule has 8 heteroatoms. The van der Waals surface area contributed by atoms with Crippen molar-refractivity contribution in [1.82, 2.24) is 10.3 Å². The number of pyridine rings is 1. The van der Waals surface area contributed by atoms with E-state index in [1.807, 2.05) is 87.5 Å². The van der Waals surface area contributed by atoms with Crippen molar-refractivity contribution in [2.75, 3.05) is 10.2 Å². The molecule has 0 radical (unpaired) electrons. The van der Waals surface area contributed by atoms with Crippen LogP contribution in [0.3, 0.4) is 0 Å². The van der Waals surface area contributed by atoms with E-state index in [0.717, 1.165) is 45.3 Å². The average molecular weight is 531 g/mol. The largest absolute Gasteiger partial charge is 0.459 e. The standard InChI is InChI=1S/C29H27ClN4O2S/c1-4-26(35)32-22-11-10-20(15-18(22)3)34-28(27(33-29(34)37)23-7-5-6-14-31-23)25-13-12-24(36-25)21-16-19(30)9-8-17(21)2/h5-16,27-28H,4H2,1-3H3,(H,32,35)(H,33,37)/t27-,28+/m0/s1. The Morgan fingerprint density at radius 3 is 2.68 bits per heavy atom. The molecule has 4 aromatic rings. The number of carbonyl (C=O) groups is 1. The van der Waals surface area contributed by atoms with E-state index in [4.69, 9.17) is 28.2 Å². The maximum atomic E-state index is 11.9. The summed E-state index contributed by atoms with van der Waals surface area (Å²) in [5.41, 5.74) is 5.49. The summed E-state index contributed by atoms with van der Waals surface area (Å²) in [6.45, 7) is 5.84. The number of nitrogens with zero attached hydrogens (tertiary/aromatic N) is 2. The zero-order valence-electron chi connectivity index (χ0n) is 20.8. The van der Waals surface area contributed by atoms with E-state index in [0.29, 0.717) is 16.6 Å². The van der Waals surface area contributed by atoms with Gasteiger partial charge in [-0.25, -0.2) is 0 Å². The smallest absolute Gasteiger partial charge is 0.224 e. The molecule has 0 aliphatic carbocycles. The minimum atomic E-state index is -0.286. The summed E-state index contributed by atoms with van der Waals surface area (Å²) in [7, 11) is 0. The van der Waals surface area contributed by atoms with E-state index in [1.54, 1.807) is 6.20 Å². The van der Waals surface area contributed by atoms with Crippen molar-refractivity contribution in [2.45, 2.75) is 39.3 Å². The van der Waals surface area contributed by atoms with Crippen molar-refractivity contribution in [2.24, 2.45) is 0 Å². The van der Waals surface area contributed by atoms with Crippen molar-refractivity contribution in [3.63, 3.8) is 0 Å². The molecule has 1 aliphatic heterocycles. The van der Waals surface area contributed by atoms with Crippen molar-refractivity contribution in [3.05, 3.63) is 101 Å². The fraction of sp³-hybridized carbons (Fsp3) is 0.207. The zero-order valence-corrected chi connectivity index (χ0v) is 22.4. The summed E-state index contributed by atoms with van der Waals surface area (Å²) in [5.74, 6) is 1.46. The minimum Gasteiger partial charge on any atom is -0.459 e. The van der Waals surface area contributed by atoms with Gasteiger partial charge in [0.25, 0.3) is 0 Å². The number of nitrogens with one attached hydrogen (secondary N) is 2. The Kier molecular flexibility index (Phi) is 7.00. The minimum absolute atomic E-state index is 0.0262. The van der Waals surface area contributed by atoms with Gasteiger partial charge in [0.05, 0.1) is 11.7 Å². The molecule has 0 spiro atoms. The Morgan fingerprint density at radius 2 is 1.95 bits per heavy atom. The zero-order chi connectivity index (χ0) is 26.1. The molecular formula is C29H27ClN4O2S. The lowest BCUT2D eigenvalue weighted by molar-refractivity contribution is -0.115. The number of benzene rings is 2. The van der Waals surface area contributed by atoms with Crippen molar-refractivity contribution in [1.29, 1.82) is 0 Å². The van der Waals surface area contributed by atoms with Gasteiger partial charge in [0.1, 0.15) is 17.6 Å². The van der Waals surface area contributed by atoms with Gasteiger partial charge < -0.3 is 20.0 Å². The Labute approximate surface area is 226 Å². The van der Waals surface area contributed by atoms with Crippen molar-refractivity contribution < 1.29 is 9.21 Å². The average Bonchev–Trinajstić information content (AvgIpc) is 3.51. The van der Waals surface area contributed by atoms with Gasteiger partial charge in [-0.1, -0.05) is 30.7 Å². The van der Waals surface area contributed by atoms with Gasteiger partial charge in [0.15, 0.2) is 5.11 Å². The third-order valence-corrected chi connectivity index (χ3v) is 7.11. The number of anilines is 2. The highest BCUT2D eigenvalue weighted by Gasteiger charge is 2.42. The van der Waals surface area contributed by atoms with Crippen LogP contribution in [0.1, 0.15) is 48.0 Å². The number of furan rings is 1. The van der Waals surface area contributed by atoms with Gasteiger partial charge >= 0.3 is 0 Å². The third kappa shape index (κ3) is 4.97. The second-order valence-corrected chi connectivity index (χ2v) is 9.88. The Morgan fingerprint density at radius 1 is 1.11 bits per heavy atom. The van der Waals surface area contributed by atoms with Crippen LogP contribution >= 0.6 is 23.8 Å². The first-order chi connectivity index (χ1) is 17.9.